The lowest BCUT2D eigenvalue weighted by atomic mass is 10.3. The fourth-order valence-corrected chi connectivity index (χ4v) is 10.2. The Labute approximate surface area is 107 Å². The predicted molar refractivity (Wildman–Crippen MR) is 72.9 cm³/mol. The average molecular weight is 313 g/mol. The molecule has 0 aliphatic heterocycles. The standard InChI is InChI=1S/C7H17Cl4NSi2/c1-6(2)12(7(3)4)14(10,11)13(5,8)9/h6-7H,1-5H3. The number of nitrogens with zero attached hydrogens (tertiary/aromatic N) is 1. The van der Waals surface area contributed by atoms with Crippen molar-refractivity contribution in [3.8, 4) is 0 Å². The molecule has 0 fully saturated rings. The third-order valence-corrected chi connectivity index (χ3v) is 25.0. The van der Waals surface area contributed by atoms with E-state index in [1.165, 1.54) is 0 Å². The smallest absolute Gasteiger partial charge is 0.296 e. The fourth-order valence-electron chi connectivity index (χ4n) is 1.47. The molecule has 0 atom stereocenters. The Bertz CT molecular complexity index is 183. The lowest BCUT2D eigenvalue weighted by molar-refractivity contribution is 0.311. The molecule has 0 aromatic heterocycles. The summed E-state index contributed by atoms with van der Waals surface area (Å²) in [7, 11) is 0. The summed E-state index contributed by atoms with van der Waals surface area (Å²) < 4.78 is 2.07. The minimum Gasteiger partial charge on any atom is -0.296 e. The highest BCUT2D eigenvalue weighted by atomic mass is 35.8. The molecule has 7 heteroatoms. The topological polar surface area (TPSA) is 3.24 Å². The Kier molecular flexibility index (Phi) is 5.84. The maximum Gasteiger partial charge on any atom is 0.342 e. The SMILES string of the molecule is CC(C)N(C(C)C)[Si](Cl)(Cl)[Si](C)(Cl)Cl. The Hall–Kier alpha value is 1.55. The molecule has 0 aromatic carbocycles. The first-order valence-corrected chi connectivity index (χ1v) is 14.0. The van der Waals surface area contributed by atoms with Gasteiger partial charge in [0.2, 0.25) is 0 Å². The van der Waals surface area contributed by atoms with E-state index >= 15 is 0 Å². The second-order valence-corrected chi connectivity index (χ2v) is 25.4. The normalized spacial score (nSPS) is 14.6. The van der Waals surface area contributed by atoms with Crippen LogP contribution in [0.25, 0.3) is 0 Å². The van der Waals surface area contributed by atoms with E-state index < -0.39 is 12.6 Å². The minimum atomic E-state index is -2.71. The molecule has 0 aromatic rings. The monoisotopic (exact) mass is 311 g/mol. The average Bonchev–Trinajstić information content (AvgIpc) is 1.79. The van der Waals surface area contributed by atoms with Crippen LogP contribution >= 0.6 is 44.3 Å². The van der Waals surface area contributed by atoms with Gasteiger partial charge in [0, 0.05) is 0 Å². The summed E-state index contributed by atoms with van der Waals surface area (Å²) in [6.07, 6.45) is -5.25. The van der Waals surface area contributed by atoms with E-state index in [2.05, 4.69) is 32.3 Å². The van der Waals surface area contributed by atoms with Crippen LogP contribution in [0.5, 0.6) is 0 Å². The fraction of sp³-hybridized carbons (Fsp3) is 1.00. The van der Waals surface area contributed by atoms with Crippen molar-refractivity contribution < 1.29 is 0 Å². The van der Waals surface area contributed by atoms with Gasteiger partial charge in [-0.05, 0) is 18.6 Å². The second-order valence-electron chi connectivity index (χ2n) is 4.02. The lowest BCUT2D eigenvalue weighted by Crippen LogP contribution is -2.63. The van der Waals surface area contributed by atoms with Gasteiger partial charge in [0.05, 0.1) is 0 Å². The molecule has 0 radical (unpaired) electrons. The first kappa shape index (κ1) is 15.6. The van der Waals surface area contributed by atoms with E-state index in [0.717, 1.165) is 0 Å². The van der Waals surface area contributed by atoms with Crippen molar-refractivity contribution in [2.75, 3.05) is 0 Å². The molecular weight excluding hydrogens is 296 g/mol. The highest BCUT2D eigenvalue weighted by Gasteiger charge is 2.56. The van der Waals surface area contributed by atoms with E-state index in [-0.39, 0.29) is 12.1 Å². The lowest BCUT2D eigenvalue weighted by Gasteiger charge is -2.42. The first-order chi connectivity index (χ1) is 6.01. The predicted octanol–water partition coefficient (Wildman–Crippen LogP) is 4.15. The first-order valence-electron chi connectivity index (χ1n) is 4.56. The third kappa shape index (κ3) is 3.54. The zero-order valence-electron chi connectivity index (χ0n) is 9.11. The molecule has 0 saturated carbocycles. The van der Waals surface area contributed by atoms with E-state index in [4.69, 9.17) is 44.3 Å². The molecule has 0 aliphatic carbocycles. The molecule has 86 valence electrons. The van der Waals surface area contributed by atoms with Crippen molar-refractivity contribution in [3.63, 3.8) is 0 Å². The van der Waals surface area contributed by atoms with Gasteiger partial charge in [-0.15, -0.1) is 44.3 Å². The molecule has 0 bridgehead atoms. The Morgan fingerprint density at radius 1 is 0.857 bits per heavy atom. The van der Waals surface area contributed by atoms with Crippen molar-refractivity contribution in [1.82, 2.24) is 4.57 Å². The van der Waals surface area contributed by atoms with Crippen LogP contribution in [0, 0.1) is 0 Å². The van der Waals surface area contributed by atoms with Gasteiger partial charge < -0.3 is 0 Å². The highest BCUT2D eigenvalue weighted by Crippen LogP contribution is 2.38. The summed E-state index contributed by atoms with van der Waals surface area (Å²) in [4.78, 5) is 0. The summed E-state index contributed by atoms with van der Waals surface area (Å²) in [5.74, 6) is 0. The van der Waals surface area contributed by atoms with E-state index in [9.17, 15) is 0 Å². The van der Waals surface area contributed by atoms with Gasteiger partial charge in [0.15, 0.2) is 0 Å². The molecule has 14 heavy (non-hydrogen) atoms. The van der Waals surface area contributed by atoms with Crippen LogP contribution in [0.3, 0.4) is 0 Å². The minimum absolute atomic E-state index is 0.265. The van der Waals surface area contributed by atoms with Gasteiger partial charge in [-0.2, -0.15) is 0 Å². The Morgan fingerprint density at radius 2 is 1.14 bits per heavy atom. The number of hydrogen-bond acceptors (Lipinski definition) is 1. The van der Waals surface area contributed by atoms with Gasteiger partial charge in [-0.3, -0.25) is 4.57 Å². The third-order valence-electron chi connectivity index (χ3n) is 1.97. The van der Waals surface area contributed by atoms with Gasteiger partial charge in [0.1, 0.15) is 0 Å². The van der Waals surface area contributed by atoms with Crippen molar-refractivity contribution in [1.29, 1.82) is 0 Å². The van der Waals surface area contributed by atoms with E-state index in [0.29, 0.717) is 0 Å². The van der Waals surface area contributed by atoms with Crippen LogP contribution < -0.4 is 0 Å². The van der Waals surface area contributed by atoms with Gasteiger partial charge in [0.25, 0.3) is 6.21 Å². The zero-order chi connectivity index (χ0) is 11.7. The van der Waals surface area contributed by atoms with Crippen molar-refractivity contribution in [2.24, 2.45) is 0 Å². The molecule has 0 aliphatic rings. The molecule has 0 amide bonds. The summed E-state index contributed by atoms with van der Waals surface area (Å²) in [6, 6.07) is 0.530. The highest BCUT2D eigenvalue weighted by molar-refractivity contribution is 7.91. The summed E-state index contributed by atoms with van der Waals surface area (Å²) >= 11 is 25.1. The van der Waals surface area contributed by atoms with E-state index in [1.54, 1.807) is 6.55 Å². The van der Waals surface area contributed by atoms with Crippen LogP contribution in [0.15, 0.2) is 0 Å². The van der Waals surface area contributed by atoms with Crippen molar-refractivity contribution >= 4 is 56.9 Å². The zero-order valence-corrected chi connectivity index (χ0v) is 14.1. The summed E-state index contributed by atoms with van der Waals surface area (Å²) in [5.41, 5.74) is 0. The Morgan fingerprint density at radius 3 is 1.21 bits per heavy atom. The van der Waals surface area contributed by atoms with Crippen LogP contribution in [0.4, 0.5) is 0 Å². The molecule has 0 heterocycles. The van der Waals surface area contributed by atoms with Crippen molar-refractivity contribution in [3.05, 3.63) is 0 Å². The molecule has 0 N–H and O–H groups in total. The van der Waals surface area contributed by atoms with Crippen LogP contribution in [-0.2, 0) is 0 Å². The maximum absolute atomic E-state index is 6.40. The quantitative estimate of drug-likeness (QED) is 0.557. The summed E-state index contributed by atoms with van der Waals surface area (Å²) in [6.45, 7) is 10.0. The van der Waals surface area contributed by atoms with Crippen LogP contribution in [0.1, 0.15) is 27.7 Å². The number of rotatable bonds is 4. The van der Waals surface area contributed by atoms with Crippen LogP contribution in [0.2, 0.25) is 6.55 Å². The van der Waals surface area contributed by atoms with Crippen LogP contribution in [-0.4, -0.2) is 29.2 Å². The maximum atomic E-state index is 6.40. The van der Waals surface area contributed by atoms with Crippen molar-refractivity contribution in [2.45, 2.75) is 46.3 Å². The summed E-state index contributed by atoms with van der Waals surface area (Å²) in [5, 5.41) is 0. The molecule has 0 unspecified atom stereocenters. The van der Waals surface area contributed by atoms with Gasteiger partial charge in [-0.25, -0.2) is 0 Å². The van der Waals surface area contributed by atoms with Gasteiger partial charge in [-0.1, -0.05) is 27.7 Å². The largest absolute Gasteiger partial charge is 0.342 e. The number of hydrogen-bond donors (Lipinski definition) is 0. The molecule has 0 spiro atoms. The van der Waals surface area contributed by atoms with E-state index in [1.807, 2.05) is 0 Å². The molecule has 0 rings (SSSR count). The molecule has 1 nitrogen and oxygen atoms in total. The molecular formula is C7H17Cl4NSi2. The van der Waals surface area contributed by atoms with Gasteiger partial charge >= 0.3 is 6.37 Å². The number of halogens is 4. The molecule has 0 saturated heterocycles. The Balaban J connectivity index is 5.01. The second kappa shape index (κ2) is 5.26.